The molecule has 35 heavy (non-hydrogen) atoms. The number of hydrogen-bond donors (Lipinski definition) is 0. The number of nitrogens with zero attached hydrogens (tertiary/aromatic N) is 5. The van der Waals surface area contributed by atoms with E-state index in [1.165, 1.54) is 6.42 Å². The largest absolute Gasteiger partial charge is 0.368 e. The van der Waals surface area contributed by atoms with Gasteiger partial charge in [-0.05, 0) is 49.2 Å². The van der Waals surface area contributed by atoms with Crippen LogP contribution in [-0.2, 0) is 9.59 Å². The predicted octanol–water partition coefficient (Wildman–Crippen LogP) is 3.71. The Morgan fingerprint density at radius 3 is 2.34 bits per heavy atom. The van der Waals surface area contributed by atoms with Crippen molar-refractivity contribution < 1.29 is 14.1 Å². The van der Waals surface area contributed by atoms with Gasteiger partial charge in [0.1, 0.15) is 0 Å². The normalized spacial score (nSPS) is 20.9. The lowest BCUT2D eigenvalue weighted by Crippen LogP contribution is -2.50. The number of anilines is 2. The Bertz CT molecular complexity index is 1200. The number of carbonyl (C=O) groups is 2. The van der Waals surface area contributed by atoms with Gasteiger partial charge in [-0.15, -0.1) is 0 Å². The number of aromatic nitrogens is 2. The van der Waals surface area contributed by atoms with Crippen molar-refractivity contribution in [1.29, 1.82) is 0 Å². The van der Waals surface area contributed by atoms with Crippen molar-refractivity contribution in [3.63, 3.8) is 0 Å². The molecular formula is C27H29N5O3. The van der Waals surface area contributed by atoms with Gasteiger partial charge in [-0.2, -0.15) is 4.98 Å². The van der Waals surface area contributed by atoms with Crippen LogP contribution < -0.4 is 9.80 Å². The summed E-state index contributed by atoms with van der Waals surface area (Å²) in [7, 11) is 0. The highest BCUT2D eigenvalue weighted by Crippen LogP contribution is 2.36. The summed E-state index contributed by atoms with van der Waals surface area (Å²) in [5, 5.41) is 4.16. The second-order valence-electron chi connectivity index (χ2n) is 9.68. The summed E-state index contributed by atoms with van der Waals surface area (Å²) in [6, 6.07) is 17.8. The molecule has 0 radical (unpaired) electrons. The SMILES string of the molecule is O=C([C@H]1CC(=O)N(c2ccccc2)C1)N1CCN(c2ccc(-c3noc(C4CCC4)n3)cc2)CC1. The van der Waals surface area contributed by atoms with Gasteiger partial charge in [-0.1, -0.05) is 29.8 Å². The second kappa shape index (κ2) is 9.17. The molecule has 8 nitrogen and oxygen atoms in total. The van der Waals surface area contributed by atoms with E-state index in [0.717, 1.165) is 48.8 Å². The Hall–Kier alpha value is -3.68. The molecule has 3 heterocycles. The third kappa shape index (κ3) is 4.29. The maximum Gasteiger partial charge on any atom is 0.230 e. The first kappa shape index (κ1) is 21.8. The molecule has 3 fully saturated rings. The Morgan fingerprint density at radius 2 is 1.66 bits per heavy atom. The van der Waals surface area contributed by atoms with Crippen LogP contribution in [-0.4, -0.2) is 59.6 Å². The maximum absolute atomic E-state index is 13.1. The van der Waals surface area contributed by atoms with Crippen molar-refractivity contribution >= 4 is 23.2 Å². The lowest BCUT2D eigenvalue weighted by atomic mass is 9.85. The van der Waals surface area contributed by atoms with E-state index in [1.807, 2.05) is 47.4 Å². The van der Waals surface area contributed by atoms with Crippen molar-refractivity contribution in [2.75, 3.05) is 42.5 Å². The highest BCUT2D eigenvalue weighted by atomic mass is 16.5. The van der Waals surface area contributed by atoms with Gasteiger partial charge >= 0.3 is 0 Å². The van der Waals surface area contributed by atoms with Crippen LogP contribution in [0.5, 0.6) is 0 Å². The van der Waals surface area contributed by atoms with E-state index in [4.69, 9.17) is 4.52 Å². The van der Waals surface area contributed by atoms with Gasteiger partial charge < -0.3 is 19.2 Å². The number of hydrogen-bond acceptors (Lipinski definition) is 6. The number of amides is 2. The van der Waals surface area contributed by atoms with E-state index in [2.05, 4.69) is 27.2 Å². The van der Waals surface area contributed by atoms with Crippen molar-refractivity contribution in [2.45, 2.75) is 31.6 Å². The van der Waals surface area contributed by atoms with E-state index in [0.29, 0.717) is 31.4 Å². The quantitative estimate of drug-likeness (QED) is 0.564. The van der Waals surface area contributed by atoms with Gasteiger partial charge in [0.2, 0.25) is 23.5 Å². The molecule has 3 aromatic rings. The molecular weight excluding hydrogens is 442 g/mol. The average molecular weight is 472 g/mol. The van der Waals surface area contributed by atoms with Crippen LogP contribution in [0.25, 0.3) is 11.4 Å². The van der Waals surface area contributed by atoms with Gasteiger partial charge in [-0.3, -0.25) is 9.59 Å². The topological polar surface area (TPSA) is 82.8 Å². The lowest BCUT2D eigenvalue weighted by molar-refractivity contribution is -0.136. The minimum absolute atomic E-state index is 0.0229. The summed E-state index contributed by atoms with van der Waals surface area (Å²) >= 11 is 0. The van der Waals surface area contributed by atoms with Crippen molar-refractivity contribution in [3.8, 4) is 11.4 Å². The average Bonchev–Trinajstić information content (AvgIpc) is 3.50. The number of carbonyl (C=O) groups excluding carboxylic acids is 2. The first-order valence-electron chi connectivity index (χ1n) is 12.5. The zero-order valence-corrected chi connectivity index (χ0v) is 19.7. The zero-order valence-electron chi connectivity index (χ0n) is 19.7. The first-order chi connectivity index (χ1) is 17.2. The van der Waals surface area contributed by atoms with E-state index in [-0.39, 0.29) is 24.2 Å². The first-order valence-corrected chi connectivity index (χ1v) is 12.5. The molecule has 2 aromatic carbocycles. The van der Waals surface area contributed by atoms with Crippen molar-refractivity contribution in [2.24, 2.45) is 5.92 Å². The minimum atomic E-state index is -0.270. The molecule has 1 atom stereocenters. The summed E-state index contributed by atoms with van der Waals surface area (Å²) in [4.78, 5) is 36.2. The van der Waals surface area contributed by atoms with Crippen LogP contribution in [0.4, 0.5) is 11.4 Å². The molecule has 0 spiro atoms. The fourth-order valence-corrected chi connectivity index (χ4v) is 5.17. The van der Waals surface area contributed by atoms with E-state index in [1.54, 1.807) is 4.90 Å². The smallest absolute Gasteiger partial charge is 0.230 e. The summed E-state index contributed by atoms with van der Waals surface area (Å²) in [5.74, 6) is 1.67. The molecule has 2 saturated heterocycles. The highest BCUT2D eigenvalue weighted by Gasteiger charge is 2.38. The number of para-hydroxylation sites is 1. The number of benzene rings is 2. The number of piperazine rings is 1. The molecule has 0 bridgehead atoms. The highest BCUT2D eigenvalue weighted by molar-refractivity contribution is 6.00. The van der Waals surface area contributed by atoms with E-state index in [9.17, 15) is 9.59 Å². The molecule has 8 heteroatoms. The standard InChI is InChI=1S/C27H29N5O3/c33-24-17-21(18-32(24)23-7-2-1-3-8-23)27(34)31-15-13-30(14-16-31)22-11-9-19(10-12-22)25-28-26(35-29-25)20-5-4-6-20/h1-3,7-12,20-21H,4-6,13-18H2/t21-/m0/s1. The molecule has 0 unspecified atom stereocenters. The Labute approximate surface area is 204 Å². The van der Waals surface area contributed by atoms with Gasteiger partial charge in [-0.25, -0.2) is 0 Å². The fourth-order valence-electron chi connectivity index (χ4n) is 5.17. The third-order valence-corrected chi connectivity index (χ3v) is 7.52. The maximum atomic E-state index is 13.1. The Morgan fingerprint density at radius 1 is 0.914 bits per heavy atom. The van der Waals surface area contributed by atoms with Crippen LogP contribution >= 0.6 is 0 Å². The molecule has 3 aliphatic rings. The van der Waals surface area contributed by atoms with Gasteiger partial charge in [0, 0.05) is 62.0 Å². The molecule has 0 N–H and O–H groups in total. The minimum Gasteiger partial charge on any atom is -0.368 e. The number of rotatable bonds is 5. The monoisotopic (exact) mass is 471 g/mol. The van der Waals surface area contributed by atoms with Crippen molar-refractivity contribution in [3.05, 3.63) is 60.5 Å². The third-order valence-electron chi connectivity index (χ3n) is 7.52. The summed E-state index contributed by atoms with van der Waals surface area (Å²) in [6.07, 6.45) is 3.80. The fraction of sp³-hybridized carbons (Fsp3) is 0.407. The van der Waals surface area contributed by atoms with Crippen LogP contribution in [0.1, 0.15) is 37.5 Å². The van der Waals surface area contributed by atoms with Gasteiger partial charge in [0.15, 0.2) is 0 Å². The summed E-state index contributed by atoms with van der Waals surface area (Å²) in [6.45, 7) is 3.31. The second-order valence-corrected chi connectivity index (χ2v) is 9.68. The van der Waals surface area contributed by atoms with Gasteiger partial charge in [0.05, 0.1) is 5.92 Å². The van der Waals surface area contributed by atoms with Crippen LogP contribution in [0.2, 0.25) is 0 Å². The van der Waals surface area contributed by atoms with E-state index >= 15 is 0 Å². The van der Waals surface area contributed by atoms with E-state index < -0.39 is 0 Å². The van der Waals surface area contributed by atoms with Gasteiger partial charge in [0.25, 0.3) is 0 Å². The molecule has 1 aromatic heterocycles. The van der Waals surface area contributed by atoms with Crippen LogP contribution in [0.15, 0.2) is 59.1 Å². The Kier molecular flexibility index (Phi) is 5.72. The van der Waals surface area contributed by atoms with Crippen molar-refractivity contribution in [1.82, 2.24) is 15.0 Å². The molecule has 2 amide bonds. The molecule has 6 rings (SSSR count). The lowest BCUT2D eigenvalue weighted by Gasteiger charge is -2.37. The predicted molar refractivity (Wildman–Crippen MR) is 132 cm³/mol. The Balaban J connectivity index is 1.04. The van der Waals surface area contributed by atoms with Crippen LogP contribution in [0, 0.1) is 5.92 Å². The molecule has 180 valence electrons. The summed E-state index contributed by atoms with van der Waals surface area (Å²) in [5.41, 5.74) is 2.93. The summed E-state index contributed by atoms with van der Waals surface area (Å²) < 4.78 is 5.45. The molecule has 1 aliphatic carbocycles. The molecule has 2 aliphatic heterocycles. The molecule has 1 saturated carbocycles. The zero-order chi connectivity index (χ0) is 23.8. The van der Waals surface area contributed by atoms with Crippen LogP contribution in [0.3, 0.4) is 0 Å².